The van der Waals surface area contributed by atoms with Gasteiger partial charge in [-0.2, -0.15) is 0 Å². The number of likely N-dealkylation sites (N-methyl/N-ethyl adjacent to an activating group) is 1. The van der Waals surface area contributed by atoms with Gasteiger partial charge in [-0.1, -0.05) is 13.0 Å². The summed E-state index contributed by atoms with van der Waals surface area (Å²) >= 11 is 0. The maximum absolute atomic E-state index is 13.3. The highest BCUT2D eigenvalue weighted by atomic mass is 16.2. The van der Waals surface area contributed by atoms with Crippen LogP contribution < -0.4 is 15.5 Å². The molecule has 3 aliphatic rings. The van der Waals surface area contributed by atoms with Crippen molar-refractivity contribution in [2.45, 2.75) is 67.2 Å². The molecule has 1 atom stereocenters. The third kappa shape index (κ3) is 5.37. The number of anilines is 2. The number of amides is 2. The van der Waals surface area contributed by atoms with Gasteiger partial charge < -0.3 is 25.3 Å². The largest absolute Gasteiger partial charge is 0.371 e. The fraction of sp³-hybridized carbons (Fsp3) is 0.621. The van der Waals surface area contributed by atoms with Crippen LogP contribution in [0.25, 0.3) is 0 Å². The Balaban J connectivity index is 1.56. The van der Waals surface area contributed by atoms with Gasteiger partial charge in [0.2, 0.25) is 0 Å². The third-order valence-electron chi connectivity index (χ3n) is 8.18. The second-order valence-corrected chi connectivity index (χ2v) is 11.0. The highest BCUT2D eigenvalue weighted by Gasteiger charge is 2.29. The summed E-state index contributed by atoms with van der Waals surface area (Å²) in [6, 6.07) is 2.08. The first kappa shape index (κ1) is 25.6. The van der Waals surface area contributed by atoms with Crippen molar-refractivity contribution < 1.29 is 4.79 Å². The lowest BCUT2D eigenvalue weighted by atomic mass is 9.86. The van der Waals surface area contributed by atoms with Gasteiger partial charge >= 0.3 is 6.03 Å². The van der Waals surface area contributed by atoms with Gasteiger partial charge in [-0.3, -0.25) is 0 Å². The van der Waals surface area contributed by atoms with Crippen molar-refractivity contribution in [3.63, 3.8) is 0 Å². The van der Waals surface area contributed by atoms with Crippen molar-refractivity contribution in [2.24, 2.45) is 5.92 Å². The van der Waals surface area contributed by atoms with Crippen molar-refractivity contribution in [1.82, 2.24) is 15.1 Å². The minimum absolute atomic E-state index is 0.136. The van der Waals surface area contributed by atoms with Crippen LogP contribution >= 0.6 is 0 Å². The van der Waals surface area contributed by atoms with E-state index in [1.165, 1.54) is 52.9 Å². The van der Waals surface area contributed by atoms with E-state index in [1.807, 2.05) is 0 Å². The van der Waals surface area contributed by atoms with Crippen LogP contribution in [-0.2, 0) is 0 Å². The number of nitrogens with zero attached hydrogens (tertiary/aromatic N) is 3. The summed E-state index contributed by atoms with van der Waals surface area (Å²) < 4.78 is 0. The lowest BCUT2D eigenvalue weighted by Crippen LogP contribution is -2.45. The number of piperidine rings is 1. The molecule has 0 radical (unpaired) electrons. The number of hydrogen-bond donors (Lipinski definition) is 2. The maximum atomic E-state index is 13.3. The molecule has 192 valence electrons. The summed E-state index contributed by atoms with van der Waals surface area (Å²) in [5.41, 5.74) is 10.9. The monoisotopic (exact) mass is 479 g/mol. The standard InChI is InChI=1S/C29H45N5O/c1-19-17-21(3)27(33-11-9-8-10-12-33)23(5)25(19)30-29(35)31-26-20(2)18-22(4)28(24(26)6)34-15-13-32(7)14-16-34/h17,20H,8-16,18H2,1-7H3,(H2,30,31,35). The molecule has 6 nitrogen and oxygen atoms in total. The smallest absolute Gasteiger partial charge is 0.323 e. The van der Waals surface area contributed by atoms with Crippen molar-refractivity contribution in [3.8, 4) is 0 Å². The van der Waals surface area contributed by atoms with Gasteiger partial charge in [-0.15, -0.1) is 0 Å². The van der Waals surface area contributed by atoms with E-state index in [0.717, 1.165) is 62.6 Å². The first-order chi connectivity index (χ1) is 16.7. The number of nitrogens with one attached hydrogen (secondary N) is 2. The van der Waals surface area contributed by atoms with Gasteiger partial charge in [0.05, 0.1) is 5.69 Å². The fourth-order valence-electron chi connectivity index (χ4n) is 6.47. The minimum Gasteiger partial charge on any atom is -0.371 e. The number of hydrogen-bond acceptors (Lipinski definition) is 4. The van der Waals surface area contributed by atoms with E-state index in [9.17, 15) is 4.79 Å². The molecule has 1 aliphatic carbocycles. The van der Waals surface area contributed by atoms with E-state index >= 15 is 0 Å². The van der Waals surface area contributed by atoms with E-state index < -0.39 is 0 Å². The molecule has 2 N–H and O–H groups in total. The molecule has 1 aromatic rings. The van der Waals surface area contributed by atoms with Crippen molar-refractivity contribution in [2.75, 3.05) is 56.5 Å². The summed E-state index contributed by atoms with van der Waals surface area (Å²) in [6.45, 7) is 19.5. The summed E-state index contributed by atoms with van der Waals surface area (Å²) in [5, 5.41) is 6.52. The van der Waals surface area contributed by atoms with Crippen LogP contribution in [0, 0.1) is 26.7 Å². The Morgan fingerprint density at radius 2 is 1.51 bits per heavy atom. The Morgan fingerprint density at radius 3 is 2.17 bits per heavy atom. The molecule has 0 saturated carbocycles. The van der Waals surface area contributed by atoms with Crippen LogP contribution in [0.1, 0.15) is 63.1 Å². The number of urea groups is 1. The molecule has 1 aromatic carbocycles. The number of rotatable bonds is 4. The Kier molecular flexibility index (Phi) is 7.80. The SMILES string of the molecule is CC1=C(N2CCN(C)CC2)C(C)=C(NC(=O)Nc2c(C)cc(C)c(N3CCCCC3)c2C)C(C)C1. The molecule has 0 spiro atoms. The number of allylic oxidation sites excluding steroid dienone is 3. The summed E-state index contributed by atoms with van der Waals surface area (Å²) in [6.07, 6.45) is 4.77. The van der Waals surface area contributed by atoms with Crippen LogP contribution in [0.2, 0.25) is 0 Å². The lowest BCUT2D eigenvalue weighted by molar-refractivity contribution is 0.185. The van der Waals surface area contributed by atoms with E-state index in [4.69, 9.17) is 0 Å². The number of carbonyl (C=O) groups is 1. The van der Waals surface area contributed by atoms with Gasteiger partial charge in [-0.25, -0.2) is 4.79 Å². The average molecular weight is 480 g/mol. The van der Waals surface area contributed by atoms with Gasteiger partial charge in [0.1, 0.15) is 0 Å². The molecule has 4 rings (SSSR count). The molecule has 2 heterocycles. The van der Waals surface area contributed by atoms with E-state index in [0.29, 0.717) is 5.92 Å². The molecule has 35 heavy (non-hydrogen) atoms. The van der Waals surface area contributed by atoms with Gasteiger partial charge in [0.25, 0.3) is 0 Å². The first-order valence-electron chi connectivity index (χ1n) is 13.5. The molecular weight excluding hydrogens is 434 g/mol. The summed E-state index contributed by atoms with van der Waals surface area (Å²) in [7, 11) is 2.19. The molecule has 2 aliphatic heterocycles. The van der Waals surface area contributed by atoms with Crippen molar-refractivity contribution >= 4 is 17.4 Å². The predicted molar refractivity (Wildman–Crippen MR) is 147 cm³/mol. The highest BCUT2D eigenvalue weighted by molar-refractivity contribution is 5.94. The molecule has 2 saturated heterocycles. The minimum atomic E-state index is -0.136. The van der Waals surface area contributed by atoms with E-state index in [1.54, 1.807) is 0 Å². The molecule has 0 aromatic heterocycles. The number of piperazine rings is 1. The zero-order valence-corrected chi connectivity index (χ0v) is 23.0. The van der Waals surface area contributed by atoms with Crippen LogP contribution in [0.5, 0.6) is 0 Å². The lowest BCUT2D eigenvalue weighted by Gasteiger charge is -2.40. The Hall–Kier alpha value is -2.47. The fourth-order valence-corrected chi connectivity index (χ4v) is 6.47. The average Bonchev–Trinajstić information content (AvgIpc) is 2.81. The molecule has 0 bridgehead atoms. The Morgan fingerprint density at radius 1 is 0.857 bits per heavy atom. The van der Waals surface area contributed by atoms with Crippen molar-refractivity contribution in [1.29, 1.82) is 0 Å². The van der Waals surface area contributed by atoms with Gasteiger partial charge in [-0.05, 0) is 95.2 Å². The topological polar surface area (TPSA) is 50.9 Å². The van der Waals surface area contributed by atoms with Crippen LogP contribution in [-0.4, -0.2) is 62.1 Å². The summed E-state index contributed by atoms with van der Waals surface area (Å²) in [5.74, 6) is 0.293. The van der Waals surface area contributed by atoms with Crippen LogP contribution in [0.15, 0.2) is 28.6 Å². The number of aryl methyl sites for hydroxylation is 2. The normalized spacial score (nSPS) is 22.1. The number of benzene rings is 1. The van der Waals surface area contributed by atoms with E-state index in [2.05, 4.69) is 80.0 Å². The molecule has 2 amide bonds. The second-order valence-electron chi connectivity index (χ2n) is 11.0. The third-order valence-corrected chi connectivity index (χ3v) is 8.18. The summed E-state index contributed by atoms with van der Waals surface area (Å²) in [4.78, 5) is 20.7. The quantitative estimate of drug-likeness (QED) is 0.594. The molecule has 6 heteroatoms. The van der Waals surface area contributed by atoms with E-state index in [-0.39, 0.29) is 6.03 Å². The second kappa shape index (κ2) is 10.7. The highest BCUT2D eigenvalue weighted by Crippen LogP contribution is 2.37. The van der Waals surface area contributed by atoms with Crippen LogP contribution in [0.4, 0.5) is 16.2 Å². The molecule has 1 unspecified atom stereocenters. The number of carbonyl (C=O) groups excluding carboxylic acids is 1. The molecule has 2 fully saturated rings. The maximum Gasteiger partial charge on any atom is 0.323 e. The zero-order chi connectivity index (χ0) is 25.3. The predicted octanol–water partition coefficient (Wildman–Crippen LogP) is 5.56. The zero-order valence-electron chi connectivity index (χ0n) is 23.0. The van der Waals surface area contributed by atoms with Gasteiger partial charge in [0.15, 0.2) is 0 Å². The van der Waals surface area contributed by atoms with Gasteiger partial charge in [0, 0.05) is 62.3 Å². The van der Waals surface area contributed by atoms with Crippen molar-refractivity contribution in [3.05, 3.63) is 45.3 Å². The van der Waals surface area contributed by atoms with Crippen LogP contribution in [0.3, 0.4) is 0 Å². The first-order valence-corrected chi connectivity index (χ1v) is 13.5. The Labute approximate surface area is 212 Å². The molecular formula is C29H45N5O. The Bertz CT molecular complexity index is 1030.